The van der Waals surface area contributed by atoms with Crippen LogP contribution in [0, 0.1) is 5.82 Å². The molecular formula is C23H22F3N5O4S. The van der Waals surface area contributed by atoms with Gasteiger partial charge in [0.15, 0.2) is 9.84 Å². The van der Waals surface area contributed by atoms with Crippen molar-refractivity contribution >= 4 is 38.2 Å². The van der Waals surface area contributed by atoms with E-state index in [0.717, 1.165) is 6.07 Å². The molecule has 1 aliphatic heterocycles. The molecule has 0 aliphatic carbocycles. The molecule has 9 nitrogen and oxygen atoms in total. The fraction of sp³-hybridized carbons (Fsp3) is 0.304. The molecule has 0 fully saturated rings. The van der Waals surface area contributed by atoms with Crippen molar-refractivity contribution in [2.45, 2.75) is 25.3 Å². The molecule has 0 spiro atoms. The molecule has 0 radical (unpaired) electrons. The summed E-state index contributed by atoms with van der Waals surface area (Å²) in [6.07, 6.45) is 2.86. The number of allylic oxidation sites excluding steroid dienone is 1. The number of carbonyl (C=O) groups excluding carboxylic acids is 1. The number of nitrogens with zero attached hydrogens (tertiary/aromatic N) is 3. The first-order valence-electron chi connectivity index (χ1n) is 10.8. The summed E-state index contributed by atoms with van der Waals surface area (Å²) >= 11 is 0. The van der Waals surface area contributed by atoms with Crippen LogP contribution in [0.15, 0.2) is 41.5 Å². The number of sulfone groups is 1. The summed E-state index contributed by atoms with van der Waals surface area (Å²) in [6.45, 7) is 1.51. The molecule has 0 saturated heterocycles. The molecule has 3 aromatic rings. The summed E-state index contributed by atoms with van der Waals surface area (Å²) in [5, 5.41) is 3.34. The number of aromatic nitrogens is 3. The maximum absolute atomic E-state index is 15.0. The summed E-state index contributed by atoms with van der Waals surface area (Å²) in [5.74, 6) is -7.53. The van der Waals surface area contributed by atoms with Crippen LogP contribution in [-0.2, 0) is 27.6 Å². The molecule has 36 heavy (non-hydrogen) atoms. The SMILES string of the molecule is CC(Nc1ncnc2c1cc(C1=CCS(=O)(=O)CC1)c(=O)n2C)c1cccc(C(F)(F)C(N)=O)c1F. The second-order valence-electron chi connectivity index (χ2n) is 8.49. The van der Waals surface area contributed by atoms with E-state index in [1.54, 1.807) is 0 Å². The predicted molar refractivity (Wildman–Crippen MR) is 128 cm³/mol. The van der Waals surface area contributed by atoms with Crippen LogP contribution in [-0.4, -0.2) is 40.4 Å². The summed E-state index contributed by atoms with van der Waals surface area (Å²) in [7, 11) is -1.70. The number of pyridine rings is 1. The Bertz CT molecular complexity index is 1580. The van der Waals surface area contributed by atoms with E-state index < -0.39 is 39.1 Å². The molecule has 3 heterocycles. The fourth-order valence-electron chi connectivity index (χ4n) is 4.08. The highest BCUT2D eigenvalue weighted by atomic mass is 32.2. The van der Waals surface area contributed by atoms with E-state index in [1.165, 1.54) is 49.1 Å². The molecule has 2 aromatic heterocycles. The lowest BCUT2D eigenvalue weighted by atomic mass is 9.99. The fourth-order valence-corrected chi connectivity index (χ4v) is 5.23. The van der Waals surface area contributed by atoms with Crippen molar-refractivity contribution < 1.29 is 26.4 Å². The number of aryl methyl sites for hydroxylation is 1. The molecule has 1 aromatic carbocycles. The number of halogens is 3. The normalized spacial score (nSPS) is 16.4. The van der Waals surface area contributed by atoms with Gasteiger partial charge in [-0.1, -0.05) is 18.2 Å². The highest BCUT2D eigenvalue weighted by Gasteiger charge is 2.42. The van der Waals surface area contributed by atoms with Gasteiger partial charge in [0.1, 0.15) is 23.6 Å². The van der Waals surface area contributed by atoms with Gasteiger partial charge >= 0.3 is 5.92 Å². The molecule has 1 unspecified atom stereocenters. The quantitative estimate of drug-likeness (QED) is 0.508. The van der Waals surface area contributed by atoms with Gasteiger partial charge in [-0.3, -0.25) is 14.2 Å². The average molecular weight is 522 g/mol. The molecule has 190 valence electrons. The van der Waals surface area contributed by atoms with Crippen LogP contribution in [0.4, 0.5) is 19.0 Å². The second kappa shape index (κ2) is 9.04. The molecule has 3 N–H and O–H groups in total. The van der Waals surface area contributed by atoms with Crippen LogP contribution < -0.4 is 16.6 Å². The zero-order valence-corrected chi connectivity index (χ0v) is 20.1. The smallest absolute Gasteiger partial charge is 0.352 e. The number of alkyl halides is 2. The van der Waals surface area contributed by atoms with Gasteiger partial charge in [0, 0.05) is 18.2 Å². The van der Waals surface area contributed by atoms with Crippen LogP contribution in [0.3, 0.4) is 0 Å². The van der Waals surface area contributed by atoms with Crippen molar-refractivity contribution in [1.29, 1.82) is 0 Å². The topological polar surface area (TPSA) is 137 Å². The number of nitrogens with two attached hydrogens (primary N) is 1. The van der Waals surface area contributed by atoms with Gasteiger partial charge in [-0.2, -0.15) is 8.78 Å². The van der Waals surface area contributed by atoms with E-state index in [1.807, 2.05) is 0 Å². The van der Waals surface area contributed by atoms with Crippen LogP contribution in [0.5, 0.6) is 0 Å². The predicted octanol–water partition coefficient (Wildman–Crippen LogP) is 2.42. The lowest BCUT2D eigenvalue weighted by molar-refractivity contribution is -0.143. The van der Waals surface area contributed by atoms with E-state index in [9.17, 15) is 26.8 Å². The largest absolute Gasteiger partial charge is 0.364 e. The lowest BCUT2D eigenvalue weighted by Gasteiger charge is -2.21. The number of benzene rings is 1. The highest BCUT2D eigenvalue weighted by molar-refractivity contribution is 7.91. The van der Waals surface area contributed by atoms with E-state index in [4.69, 9.17) is 5.73 Å². The van der Waals surface area contributed by atoms with Gasteiger partial charge in [-0.15, -0.1) is 0 Å². The Labute approximate surface area is 203 Å². The molecule has 4 rings (SSSR count). The molecule has 1 aliphatic rings. The van der Waals surface area contributed by atoms with E-state index in [2.05, 4.69) is 15.3 Å². The maximum atomic E-state index is 15.0. The van der Waals surface area contributed by atoms with E-state index >= 15 is 4.39 Å². The van der Waals surface area contributed by atoms with Gasteiger partial charge in [0.2, 0.25) is 0 Å². The van der Waals surface area contributed by atoms with Crippen LogP contribution in [0.25, 0.3) is 16.6 Å². The third-order valence-corrected chi connectivity index (χ3v) is 7.61. The van der Waals surface area contributed by atoms with Crippen molar-refractivity contribution in [1.82, 2.24) is 14.5 Å². The Morgan fingerprint density at radius 2 is 2.00 bits per heavy atom. The molecule has 0 bridgehead atoms. The van der Waals surface area contributed by atoms with Crippen LogP contribution in [0.2, 0.25) is 0 Å². The van der Waals surface area contributed by atoms with Crippen molar-refractivity contribution in [3.05, 3.63) is 69.5 Å². The third kappa shape index (κ3) is 4.45. The second-order valence-corrected chi connectivity index (χ2v) is 10.7. The minimum Gasteiger partial charge on any atom is -0.364 e. The van der Waals surface area contributed by atoms with Gasteiger partial charge in [0.25, 0.3) is 11.5 Å². The average Bonchev–Trinajstić information content (AvgIpc) is 2.81. The molecule has 13 heteroatoms. The number of carbonyl (C=O) groups is 1. The Morgan fingerprint density at radius 1 is 1.28 bits per heavy atom. The Kier molecular flexibility index (Phi) is 6.37. The number of hydrogen-bond acceptors (Lipinski definition) is 7. The minimum absolute atomic E-state index is 0.0843. The number of fused-ring (bicyclic) bond motifs is 1. The summed E-state index contributed by atoms with van der Waals surface area (Å²) in [6, 6.07) is 3.89. The molecule has 1 amide bonds. The van der Waals surface area contributed by atoms with Gasteiger partial charge < -0.3 is 11.1 Å². The number of primary amides is 1. The van der Waals surface area contributed by atoms with Gasteiger partial charge in [-0.05, 0) is 31.1 Å². The number of amides is 1. The Morgan fingerprint density at radius 3 is 2.64 bits per heavy atom. The number of anilines is 1. The molecule has 1 atom stereocenters. The first-order valence-corrected chi connectivity index (χ1v) is 12.6. The summed E-state index contributed by atoms with van der Waals surface area (Å²) < 4.78 is 68.2. The number of rotatable bonds is 6. The van der Waals surface area contributed by atoms with Gasteiger partial charge in [0.05, 0.1) is 28.5 Å². The van der Waals surface area contributed by atoms with Crippen molar-refractivity contribution in [2.75, 3.05) is 16.8 Å². The van der Waals surface area contributed by atoms with Crippen molar-refractivity contribution in [3.63, 3.8) is 0 Å². The molecular weight excluding hydrogens is 499 g/mol. The first kappa shape index (κ1) is 25.4. The van der Waals surface area contributed by atoms with E-state index in [0.29, 0.717) is 11.0 Å². The third-order valence-electron chi connectivity index (χ3n) is 6.11. The van der Waals surface area contributed by atoms with E-state index in [-0.39, 0.29) is 46.1 Å². The van der Waals surface area contributed by atoms with Gasteiger partial charge in [-0.25, -0.2) is 22.8 Å². The minimum atomic E-state index is -4.20. The van der Waals surface area contributed by atoms with Crippen molar-refractivity contribution in [3.8, 4) is 0 Å². The summed E-state index contributed by atoms with van der Waals surface area (Å²) in [5.41, 5.74) is 4.17. The standard InChI is InChI=1S/C23H22F3N5O4S/c1-12(14-4-3-5-17(18(14)24)23(25,26)22(27)33)30-19-16-10-15(13-6-8-36(34,35)9-7-13)21(32)31(2)20(16)29-11-28-19/h3-6,10-12H,7-9H2,1-2H3,(H2,27,33)(H,28,29,30). The number of nitrogens with one attached hydrogen (secondary N) is 1. The molecule has 0 saturated carbocycles. The summed E-state index contributed by atoms with van der Waals surface area (Å²) in [4.78, 5) is 32.5. The lowest BCUT2D eigenvalue weighted by Crippen LogP contribution is -2.34. The number of hydrogen-bond donors (Lipinski definition) is 2. The zero-order chi connectivity index (χ0) is 26.4. The maximum Gasteiger partial charge on any atom is 0.352 e. The monoisotopic (exact) mass is 521 g/mol. The highest BCUT2D eigenvalue weighted by Crippen LogP contribution is 2.34. The van der Waals surface area contributed by atoms with Crippen molar-refractivity contribution in [2.24, 2.45) is 12.8 Å². The Hall–Kier alpha value is -3.74. The first-order chi connectivity index (χ1) is 16.8. The zero-order valence-electron chi connectivity index (χ0n) is 19.3. The van der Waals surface area contributed by atoms with Crippen LogP contribution in [0.1, 0.15) is 36.1 Å². The van der Waals surface area contributed by atoms with Crippen LogP contribution >= 0.6 is 0 Å². The Balaban J connectivity index is 1.78.